The summed E-state index contributed by atoms with van der Waals surface area (Å²) >= 11 is 7.38. The van der Waals surface area contributed by atoms with E-state index in [2.05, 4.69) is 15.6 Å². The molecule has 1 aromatic carbocycles. The minimum absolute atomic E-state index is 0.0585. The van der Waals surface area contributed by atoms with E-state index < -0.39 is 5.82 Å². The number of benzene rings is 1. The van der Waals surface area contributed by atoms with Gasteiger partial charge in [0.25, 0.3) is 5.91 Å². The number of carbonyl (C=O) groups excluding carboxylic acids is 1. The summed E-state index contributed by atoms with van der Waals surface area (Å²) in [5.74, 6) is -0.743. The van der Waals surface area contributed by atoms with Gasteiger partial charge in [0, 0.05) is 28.8 Å². The van der Waals surface area contributed by atoms with Crippen LogP contribution in [0.1, 0.15) is 57.8 Å². The number of H-pyrrole nitrogens is 1. The molecule has 2 unspecified atom stereocenters. The number of nitrogens with one attached hydrogen (secondary N) is 3. The largest absolute Gasteiger partial charge is 0.396 e. The van der Waals surface area contributed by atoms with Crippen molar-refractivity contribution in [3.05, 3.63) is 62.4 Å². The number of aromatic nitrogens is 2. The smallest absolute Gasteiger partial charge is 0.268 e. The Kier molecular flexibility index (Phi) is 7.80. The van der Waals surface area contributed by atoms with Crippen molar-refractivity contribution in [3.8, 4) is 11.3 Å². The lowest BCUT2D eigenvalue weighted by Crippen LogP contribution is -2.46. The number of aliphatic hydroxyl groups excluding tert-OH is 1. The summed E-state index contributed by atoms with van der Waals surface area (Å²) < 4.78 is 13.9. The highest BCUT2D eigenvalue weighted by molar-refractivity contribution is 7.11. The summed E-state index contributed by atoms with van der Waals surface area (Å²) in [6, 6.07) is 7.84. The Bertz CT molecular complexity index is 1110. The van der Waals surface area contributed by atoms with E-state index in [9.17, 15) is 14.3 Å². The maximum Gasteiger partial charge on any atom is 0.268 e. The molecule has 2 aromatic heterocycles. The van der Waals surface area contributed by atoms with E-state index in [0.29, 0.717) is 23.4 Å². The van der Waals surface area contributed by atoms with Gasteiger partial charge in [-0.25, -0.2) is 9.37 Å². The number of aliphatic hydroxyl groups is 1. The van der Waals surface area contributed by atoms with Crippen molar-refractivity contribution in [1.29, 1.82) is 0 Å². The third kappa shape index (κ3) is 5.63. The normalized spacial score (nSPS) is 17.2. The van der Waals surface area contributed by atoms with Crippen LogP contribution in [0.3, 0.4) is 0 Å². The molecular weight excluding hydrogens is 463 g/mol. The molecule has 0 bridgehead atoms. The Morgan fingerprint density at radius 3 is 2.94 bits per heavy atom. The molecule has 0 spiro atoms. The van der Waals surface area contributed by atoms with Crippen LogP contribution in [-0.2, 0) is 6.42 Å². The molecule has 1 aliphatic heterocycles. The fourth-order valence-corrected chi connectivity index (χ4v) is 5.47. The fourth-order valence-electron chi connectivity index (χ4n) is 4.13. The predicted octanol–water partition coefficient (Wildman–Crippen LogP) is 4.78. The van der Waals surface area contributed by atoms with E-state index in [0.717, 1.165) is 47.8 Å². The Balaban J connectivity index is 1.55. The van der Waals surface area contributed by atoms with Gasteiger partial charge < -0.3 is 20.7 Å². The Hall–Kier alpha value is -2.26. The van der Waals surface area contributed by atoms with Crippen LogP contribution < -0.4 is 10.6 Å². The SMILES string of the molecule is Cc1nc(C(NC(=O)c2ccc(-c3ccc(Cl)c(F)c3)[nH]2)C2CCCCN2)sc1CCCO. The number of piperidine rings is 1. The molecule has 0 saturated carbocycles. The van der Waals surface area contributed by atoms with Crippen LogP contribution in [0.25, 0.3) is 11.3 Å². The van der Waals surface area contributed by atoms with Crippen LogP contribution in [0.5, 0.6) is 0 Å². The topological polar surface area (TPSA) is 90.0 Å². The number of aromatic amines is 1. The number of amides is 1. The lowest BCUT2D eigenvalue weighted by Gasteiger charge is -2.30. The first kappa shape index (κ1) is 23.9. The Labute approximate surface area is 201 Å². The zero-order valence-electron chi connectivity index (χ0n) is 18.5. The molecule has 1 aliphatic rings. The van der Waals surface area contributed by atoms with E-state index in [1.165, 1.54) is 12.1 Å². The Morgan fingerprint density at radius 2 is 2.21 bits per heavy atom. The third-order valence-corrected chi connectivity index (χ3v) is 7.54. The lowest BCUT2D eigenvalue weighted by molar-refractivity contribution is 0.0918. The monoisotopic (exact) mass is 490 g/mol. The van der Waals surface area contributed by atoms with Gasteiger partial charge in [-0.05, 0) is 63.4 Å². The number of aryl methyl sites for hydroxylation is 2. The van der Waals surface area contributed by atoms with Gasteiger partial charge in [0.15, 0.2) is 0 Å². The molecule has 4 N–H and O–H groups in total. The molecule has 0 aliphatic carbocycles. The van der Waals surface area contributed by atoms with Gasteiger partial charge in [0.1, 0.15) is 16.5 Å². The minimum Gasteiger partial charge on any atom is -0.396 e. The quantitative estimate of drug-likeness (QED) is 0.366. The summed E-state index contributed by atoms with van der Waals surface area (Å²) in [4.78, 5) is 22.2. The van der Waals surface area contributed by atoms with Crippen molar-refractivity contribution < 1.29 is 14.3 Å². The molecule has 3 aromatic rings. The molecule has 1 fully saturated rings. The number of halogens is 2. The average Bonchev–Trinajstić information content (AvgIpc) is 3.45. The van der Waals surface area contributed by atoms with Crippen LogP contribution in [0, 0.1) is 12.7 Å². The highest BCUT2D eigenvalue weighted by Crippen LogP contribution is 2.30. The van der Waals surface area contributed by atoms with Crippen LogP contribution in [-0.4, -0.2) is 40.2 Å². The molecule has 1 saturated heterocycles. The predicted molar refractivity (Wildman–Crippen MR) is 129 cm³/mol. The van der Waals surface area contributed by atoms with E-state index in [1.807, 2.05) is 6.92 Å². The number of rotatable bonds is 8. The van der Waals surface area contributed by atoms with Gasteiger partial charge in [-0.3, -0.25) is 4.79 Å². The maximum atomic E-state index is 13.9. The van der Waals surface area contributed by atoms with Crippen molar-refractivity contribution in [1.82, 2.24) is 20.6 Å². The zero-order valence-corrected chi connectivity index (χ0v) is 20.0. The minimum atomic E-state index is -0.505. The van der Waals surface area contributed by atoms with Crippen molar-refractivity contribution in [2.75, 3.05) is 13.2 Å². The van der Waals surface area contributed by atoms with Crippen molar-refractivity contribution in [2.24, 2.45) is 0 Å². The van der Waals surface area contributed by atoms with Crippen LogP contribution in [0.15, 0.2) is 30.3 Å². The van der Waals surface area contributed by atoms with Crippen molar-refractivity contribution in [2.45, 2.75) is 51.1 Å². The maximum absolute atomic E-state index is 13.9. The summed E-state index contributed by atoms with van der Waals surface area (Å²) in [7, 11) is 0. The van der Waals surface area contributed by atoms with Gasteiger partial charge in [-0.2, -0.15) is 0 Å². The van der Waals surface area contributed by atoms with E-state index >= 15 is 0 Å². The average molecular weight is 491 g/mol. The molecule has 1 amide bonds. The molecule has 176 valence electrons. The fraction of sp³-hybridized carbons (Fsp3) is 0.417. The molecule has 2 atom stereocenters. The summed E-state index contributed by atoms with van der Waals surface area (Å²) in [6.45, 7) is 3.03. The standard InChI is InChI=1S/C24H28ClFN4O2S/c1-14-21(6-4-12-31)33-24(28-14)22(19-5-2-3-11-27-19)30-23(32)20-10-9-18(29-20)15-7-8-16(25)17(26)13-15/h7-10,13,19,22,27,29,31H,2-6,11-12H2,1H3,(H,30,32). The molecule has 4 rings (SSSR count). The molecule has 3 heterocycles. The second-order valence-corrected chi connectivity index (χ2v) is 9.83. The first-order valence-corrected chi connectivity index (χ1v) is 12.4. The third-order valence-electron chi connectivity index (χ3n) is 5.94. The summed E-state index contributed by atoms with van der Waals surface area (Å²) in [5, 5.41) is 16.8. The zero-order chi connectivity index (χ0) is 23.4. The van der Waals surface area contributed by atoms with Crippen molar-refractivity contribution in [3.63, 3.8) is 0 Å². The van der Waals surface area contributed by atoms with E-state index in [-0.39, 0.29) is 29.6 Å². The van der Waals surface area contributed by atoms with Gasteiger partial charge in [0.05, 0.1) is 16.8 Å². The first-order chi connectivity index (χ1) is 16.0. The van der Waals surface area contributed by atoms with E-state index in [4.69, 9.17) is 16.6 Å². The molecular formula is C24H28ClFN4O2S. The number of carbonyl (C=O) groups is 1. The van der Waals surface area contributed by atoms with Gasteiger partial charge in [0.2, 0.25) is 0 Å². The van der Waals surface area contributed by atoms with Gasteiger partial charge in [-0.15, -0.1) is 11.3 Å². The molecule has 9 heteroatoms. The lowest BCUT2D eigenvalue weighted by atomic mass is 9.98. The molecule has 6 nitrogen and oxygen atoms in total. The summed E-state index contributed by atoms with van der Waals surface area (Å²) in [6.07, 6.45) is 4.64. The summed E-state index contributed by atoms with van der Waals surface area (Å²) in [5.41, 5.74) is 2.60. The highest BCUT2D eigenvalue weighted by Gasteiger charge is 2.30. The Morgan fingerprint density at radius 1 is 1.36 bits per heavy atom. The number of thiazole rings is 1. The van der Waals surface area contributed by atoms with Gasteiger partial charge in [-0.1, -0.05) is 24.1 Å². The van der Waals surface area contributed by atoms with Crippen LogP contribution in [0.2, 0.25) is 5.02 Å². The van der Waals surface area contributed by atoms with Crippen molar-refractivity contribution >= 4 is 28.8 Å². The van der Waals surface area contributed by atoms with Crippen LogP contribution in [0.4, 0.5) is 4.39 Å². The second-order valence-electron chi connectivity index (χ2n) is 8.31. The number of nitrogens with zero attached hydrogens (tertiary/aromatic N) is 1. The second kappa shape index (κ2) is 10.8. The molecule has 0 radical (unpaired) electrons. The van der Waals surface area contributed by atoms with Crippen LogP contribution >= 0.6 is 22.9 Å². The first-order valence-electron chi connectivity index (χ1n) is 11.2. The number of hydrogen-bond acceptors (Lipinski definition) is 5. The van der Waals surface area contributed by atoms with Gasteiger partial charge >= 0.3 is 0 Å². The number of hydrogen-bond donors (Lipinski definition) is 4. The molecule has 33 heavy (non-hydrogen) atoms. The van der Waals surface area contributed by atoms with E-state index in [1.54, 1.807) is 29.5 Å². The highest BCUT2D eigenvalue weighted by atomic mass is 35.5.